The standard InChI is InChI=1S/C18H28N2/c1-18(2,3)16-7-5-6-8-17(16)19-13-11-14-9-10-15(12-13)20(14)4/h5-8,13-15,19H,9-12H2,1-4H3. The van der Waals surface area contributed by atoms with Crippen LogP contribution in [0.2, 0.25) is 0 Å². The SMILES string of the molecule is CN1C2CCC1CC(Nc1ccccc1C(C)(C)C)C2. The number of rotatable bonds is 2. The third-order valence-electron chi connectivity index (χ3n) is 5.19. The van der Waals surface area contributed by atoms with Gasteiger partial charge in [0.2, 0.25) is 0 Å². The van der Waals surface area contributed by atoms with Crippen molar-refractivity contribution in [1.29, 1.82) is 0 Å². The summed E-state index contributed by atoms with van der Waals surface area (Å²) in [6, 6.07) is 11.1. The van der Waals surface area contributed by atoms with Crippen molar-refractivity contribution in [2.75, 3.05) is 12.4 Å². The molecule has 2 fully saturated rings. The van der Waals surface area contributed by atoms with E-state index >= 15 is 0 Å². The lowest BCUT2D eigenvalue weighted by atomic mass is 9.85. The van der Waals surface area contributed by atoms with E-state index in [1.165, 1.54) is 36.9 Å². The van der Waals surface area contributed by atoms with Gasteiger partial charge in [-0.25, -0.2) is 0 Å². The molecule has 2 heterocycles. The maximum Gasteiger partial charge on any atom is 0.0380 e. The predicted molar refractivity (Wildman–Crippen MR) is 86.4 cm³/mol. The fourth-order valence-electron chi connectivity index (χ4n) is 4.01. The van der Waals surface area contributed by atoms with Crippen LogP contribution in [0.1, 0.15) is 52.0 Å². The molecule has 1 N–H and O–H groups in total. The molecule has 2 aliphatic heterocycles. The molecular weight excluding hydrogens is 244 g/mol. The van der Waals surface area contributed by atoms with E-state index in [9.17, 15) is 0 Å². The Balaban J connectivity index is 1.76. The number of fused-ring (bicyclic) bond motifs is 2. The number of benzene rings is 1. The number of nitrogens with zero attached hydrogens (tertiary/aromatic N) is 1. The lowest BCUT2D eigenvalue weighted by molar-refractivity contribution is 0.169. The minimum absolute atomic E-state index is 0.202. The van der Waals surface area contributed by atoms with Gasteiger partial charge in [-0.1, -0.05) is 39.0 Å². The number of para-hydroxylation sites is 1. The third-order valence-corrected chi connectivity index (χ3v) is 5.19. The summed E-state index contributed by atoms with van der Waals surface area (Å²) in [7, 11) is 2.31. The number of anilines is 1. The van der Waals surface area contributed by atoms with Crippen LogP contribution in [0.25, 0.3) is 0 Å². The molecule has 0 aliphatic carbocycles. The molecule has 0 amide bonds. The Hall–Kier alpha value is -1.02. The van der Waals surface area contributed by atoms with E-state index in [1.54, 1.807) is 0 Å². The van der Waals surface area contributed by atoms with Gasteiger partial charge in [0, 0.05) is 23.8 Å². The van der Waals surface area contributed by atoms with Gasteiger partial charge in [-0.3, -0.25) is 0 Å². The second-order valence-electron chi connectivity index (χ2n) is 7.66. The maximum atomic E-state index is 3.85. The van der Waals surface area contributed by atoms with Crippen molar-refractivity contribution in [3.8, 4) is 0 Å². The van der Waals surface area contributed by atoms with Gasteiger partial charge in [0.25, 0.3) is 0 Å². The Morgan fingerprint density at radius 3 is 2.25 bits per heavy atom. The van der Waals surface area contributed by atoms with Crippen molar-refractivity contribution < 1.29 is 0 Å². The fourth-order valence-corrected chi connectivity index (χ4v) is 4.01. The van der Waals surface area contributed by atoms with Crippen LogP contribution in [0.5, 0.6) is 0 Å². The second kappa shape index (κ2) is 5.07. The first kappa shape index (κ1) is 13.9. The number of piperidine rings is 1. The molecule has 0 spiro atoms. The summed E-state index contributed by atoms with van der Waals surface area (Å²) in [5.41, 5.74) is 2.98. The van der Waals surface area contributed by atoms with Crippen molar-refractivity contribution in [2.24, 2.45) is 0 Å². The van der Waals surface area contributed by atoms with Crippen LogP contribution in [0.3, 0.4) is 0 Å². The van der Waals surface area contributed by atoms with Gasteiger partial charge in [-0.05, 0) is 49.8 Å². The van der Waals surface area contributed by atoms with E-state index in [0.29, 0.717) is 6.04 Å². The second-order valence-corrected chi connectivity index (χ2v) is 7.66. The van der Waals surface area contributed by atoms with Crippen molar-refractivity contribution >= 4 is 5.69 Å². The van der Waals surface area contributed by atoms with E-state index in [4.69, 9.17) is 0 Å². The molecule has 2 nitrogen and oxygen atoms in total. The van der Waals surface area contributed by atoms with Crippen molar-refractivity contribution in [3.63, 3.8) is 0 Å². The lowest BCUT2D eigenvalue weighted by Crippen LogP contribution is -2.44. The summed E-state index contributed by atoms with van der Waals surface area (Å²) in [6.07, 6.45) is 5.37. The van der Waals surface area contributed by atoms with E-state index in [1.807, 2.05) is 0 Å². The normalized spacial score (nSPS) is 30.5. The first-order valence-electron chi connectivity index (χ1n) is 8.03. The molecule has 2 heteroatoms. The molecule has 2 atom stereocenters. The van der Waals surface area contributed by atoms with Gasteiger partial charge >= 0.3 is 0 Å². The van der Waals surface area contributed by atoms with Crippen LogP contribution in [0.4, 0.5) is 5.69 Å². The molecule has 1 aromatic rings. The quantitative estimate of drug-likeness (QED) is 0.874. The smallest absolute Gasteiger partial charge is 0.0380 e. The first-order valence-corrected chi connectivity index (χ1v) is 8.03. The molecule has 1 aromatic carbocycles. The van der Waals surface area contributed by atoms with E-state index < -0.39 is 0 Å². The van der Waals surface area contributed by atoms with Crippen LogP contribution >= 0.6 is 0 Å². The first-order chi connectivity index (χ1) is 9.45. The predicted octanol–water partition coefficient (Wildman–Crippen LogP) is 4.02. The summed E-state index contributed by atoms with van der Waals surface area (Å²) in [6.45, 7) is 6.89. The molecule has 110 valence electrons. The molecule has 2 unspecified atom stereocenters. The highest BCUT2D eigenvalue weighted by atomic mass is 15.2. The van der Waals surface area contributed by atoms with Gasteiger partial charge in [0.1, 0.15) is 0 Å². The number of hydrogen-bond donors (Lipinski definition) is 1. The van der Waals surface area contributed by atoms with E-state index in [0.717, 1.165) is 12.1 Å². The Labute approximate surface area is 123 Å². The zero-order valence-electron chi connectivity index (χ0n) is 13.3. The molecule has 0 saturated carbocycles. The monoisotopic (exact) mass is 272 g/mol. The van der Waals surface area contributed by atoms with Crippen LogP contribution in [0, 0.1) is 0 Å². The van der Waals surface area contributed by atoms with Gasteiger partial charge in [-0.2, -0.15) is 0 Å². The molecule has 0 aromatic heterocycles. The minimum Gasteiger partial charge on any atom is -0.382 e. The zero-order chi connectivity index (χ0) is 14.3. The summed E-state index contributed by atoms with van der Waals surface area (Å²) in [4.78, 5) is 2.61. The van der Waals surface area contributed by atoms with Crippen LogP contribution in [0.15, 0.2) is 24.3 Å². The Bertz CT molecular complexity index is 461. The van der Waals surface area contributed by atoms with Crippen molar-refractivity contribution in [3.05, 3.63) is 29.8 Å². The molecule has 2 saturated heterocycles. The average Bonchev–Trinajstić information content (AvgIpc) is 2.62. The molecular formula is C18H28N2. The third kappa shape index (κ3) is 2.58. The molecule has 0 radical (unpaired) electrons. The lowest BCUT2D eigenvalue weighted by Gasteiger charge is -2.38. The van der Waals surface area contributed by atoms with Gasteiger partial charge in [0.15, 0.2) is 0 Å². The minimum atomic E-state index is 0.202. The van der Waals surface area contributed by atoms with Gasteiger partial charge < -0.3 is 10.2 Å². The van der Waals surface area contributed by atoms with Crippen LogP contribution in [-0.4, -0.2) is 30.1 Å². The highest BCUT2D eigenvalue weighted by Gasteiger charge is 2.38. The summed E-state index contributed by atoms with van der Waals surface area (Å²) < 4.78 is 0. The summed E-state index contributed by atoms with van der Waals surface area (Å²) in [5.74, 6) is 0. The molecule has 3 rings (SSSR count). The molecule has 20 heavy (non-hydrogen) atoms. The Morgan fingerprint density at radius 1 is 1.05 bits per heavy atom. The molecule has 2 bridgehead atoms. The highest BCUT2D eigenvalue weighted by Crippen LogP contribution is 2.37. The Morgan fingerprint density at radius 2 is 1.65 bits per heavy atom. The highest BCUT2D eigenvalue weighted by molar-refractivity contribution is 5.54. The van der Waals surface area contributed by atoms with E-state index in [-0.39, 0.29) is 5.41 Å². The van der Waals surface area contributed by atoms with Crippen molar-refractivity contribution in [2.45, 2.75) is 70.0 Å². The fraction of sp³-hybridized carbons (Fsp3) is 0.667. The van der Waals surface area contributed by atoms with Crippen molar-refractivity contribution in [1.82, 2.24) is 4.90 Å². The average molecular weight is 272 g/mol. The molecule has 2 aliphatic rings. The number of nitrogens with one attached hydrogen (secondary N) is 1. The van der Waals surface area contributed by atoms with Crippen LogP contribution in [-0.2, 0) is 5.41 Å². The van der Waals surface area contributed by atoms with Crippen LogP contribution < -0.4 is 5.32 Å². The number of hydrogen-bond acceptors (Lipinski definition) is 2. The largest absolute Gasteiger partial charge is 0.382 e. The zero-order valence-corrected chi connectivity index (χ0v) is 13.3. The topological polar surface area (TPSA) is 15.3 Å². The van der Waals surface area contributed by atoms with Gasteiger partial charge in [0.05, 0.1) is 0 Å². The summed E-state index contributed by atoms with van der Waals surface area (Å²) in [5, 5.41) is 3.85. The van der Waals surface area contributed by atoms with Gasteiger partial charge in [-0.15, -0.1) is 0 Å². The summed E-state index contributed by atoms with van der Waals surface area (Å²) >= 11 is 0. The maximum absolute atomic E-state index is 3.85. The Kier molecular flexibility index (Phi) is 3.53. The van der Waals surface area contributed by atoms with E-state index in [2.05, 4.69) is 62.3 Å².